The first-order valence-corrected chi connectivity index (χ1v) is 8.47. The van der Waals surface area contributed by atoms with E-state index in [2.05, 4.69) is 10.0 Å². The number of nitrogens with zero attached hydrogens (tertiary/aromatic N) is 1. The SMILES string of the molecule is COCCNCC1CCN(S(=O)(=O)NCCOC)CC1. The minimum Gasteiger partial charge on any atom is -0.383 e. The summed E-state index contributed by atoms with van der Waals surface area (Å²) < 4.78 is 37.9. The quantitative estimate of drug-likeness (QED) is 0.528. The van der Waals surface area contributed by atoms with Gasteiger partial charge in [0, 0.05) is 40.4 Å². The Hall–Kier alpha value is -0.250. The van der Waals surface area contributed by atoms with E-state index in [4.69, 9.17) is 9.47 Å². The zero-order chi connectivity index (χ0) is 14.8. The van der Waals surface area contributed by atoms with E-state index in [0.717, 1.165) is 25.9 Å². The number of hydrogen-bond acceptors (Lipinski definition) is 5. The van der Waals surface area contributed by atoms with Gasteiger partial charge in [-0.1, -0.05) is 0 Å². The highest BCUT2D eigenvalue weighted by Gasteiger charge is 2.27. The van der Waals surface area contributed by atoms with Gasteiger partial charge in [0.05, 0.1) is 13.2 Å². The summed E-state index contributed by atoms with van der Waals surface area (Å²) >= 11 is 0. The summed E-state index contributed by atoms with van der Waals surface area (Å²) in [4.78, 5) is 0. The molecule has 0 unspecified atom stereocenters. The molecule has 8 heteroatoms. The van der Waals surface area contributed by atoms with E-state index in [0.29, 0.717) is 38.8 Å². The van der Waals surface area contributed by atoms with Crippen LogP contribution in [0.15, 0.2) is 0 Å². The van der Waals surface area contributed by atoms with Crippen molar-refractivity contribution in [1.29, 1.82) is 0 Å². The van der Waals surface area contributed by atoms with E-state index in [1.54, 1.807) is 14.2 Å². The fourth-order valence-corrected chi connectivity index (χ4v) is 3.41. The molecular formula is C12H27N3O4S. The van der Waals surface area contributed by atoms with Crippen molar-refractivity contribution in [3.63, 3.8) is 0 Å². The maximum absolute atomic E-state index is 12.0. The predicted octanol–water partition coefficient (Wildman–Crippen LogP) is -0.585. The molecule has 0 bridgehead atoms. The standard InChI is InChI=1S/C12H27N3O4S/c1-18-9-5-13-11-12-3-7-15(8-4-12)20(16,17)14-6-10-19-2/h12-14H,3-11H2,1-2H3. The van der Waals surface area contributed by atoms with E-state index >= 15 is 0 Å². The van der Waals surface area contributed by atoms with Crippen LogP contribution >= 0.6 is 0 Å². The van der Waals surface area contributed by atoms with Crippen molar-refractivity contribution in [1.82, 2.24) is 14.3 Å². The Morgan fingerprint density at radius 2 is 1.70 bits per heavy atom. The molecule has 1 rings (SSSR count). The van der Waals surface area contributed by atoms with E-state index in [9.17, 15) is 8.42 Å². The van der Waals surface area contributed by atoms with E-state index in [-0.39, 0.29) is 0 Å². The fraction of sp³-hybridized carbons (Fsp3) is 1.00. The first-order valence-electron chi connectivity index (χ1n) is 7.03. The summed E-state index contributed by atoms with van der Waals surface area (Å²) in [5.74, 6) is 0.539. The zero-order valence-corrected chi connectivity index (χ0v) is 13.2. The molecule has 1 fully saturated rings. The normalized spacial score (nSPS) is 18.5. The number of rotatable bonds is 10. The number of ether oxygens (including phenoxy) is 2. The smallest absolute Gasteiger partial charge is 0.279 e. The average Bonchev–Trinajstić information content (AvgIpc) is 2.44. The number of hydrogen-bond donors (Lipinski definition) is 2. The van der Waals surface area contributed by atoms with Crippen LogP contribution in [0, 0.1) is 5.92 Å². The number of methoxy groups -OCH3 is 2. The molecule has 120 valence electrons. The second-order valence-electron chi connectivity index (χ2n) is 4.93. The zero-order valence-electron chi connectivity index (χ0n) is 12.4. The third-order valence-electron chi connectivity index (χ3n) is 3.42. The number of piperidine rings is 1. The van der Waals surface area contributed by atoms with Crippen LogP contribution in [0.25, 0.3) is 0 Å². The molecule has 0 aromatic carbocycles. The Morgan fingerprint density at radius 3 is 2.30 bits per heavy atom. The molecule has 0 aliphatic carbocycles. The molecule has 1 heterocycles. The first kappa shape index (κ1) is 17.8. The van der Waals surface area contributed by atoms with Crippen molar-refractivity contribution in [3.8, 4) is 0 Å². The van der Waals surface area contributed by atoms with Gasteiger partial charge in [-0.05, 0) is 25.3 Å². The molecule has 0 aromatic rings. The minimum atomic E-state index is -3.35. The Morgan fingerprint density at radius 1 is 1.10 bits per heavy atom. The highest BCUT2D eigenvalue weighted by Crippen LogP contribution is 2.18. The third kappa shape index (κ3) is 6.47. The van der Waals surface area contributed by atoms with Crippen LogP contribution in [0.4, 0.5) is 0 Å². The molecule has 7 nitrogen and oxygen atoms in total. The van der Waals surface area contributed by atoms with Gasteiger partial charge in [-0.25, -0.2) is 0 Å². The minimum absolute atomic E-state index is 0.317. The van der Waals surface area contributed by atoms with Crippen LogP contribution in [0.2, 0.25) is 0 Å². The molecule has 0 saturated carbocycles. The van der Waals surface area contributed by atoms with Gasteiger partial charge in [0.2, 0.25) is 0 Å². The summed E-state index contributed by atoms with van der Waals surface area (Å²) in [6.45, 7) is 4.34. The van der Waals surface area contributed by atoms with E-state index in [1.807, 2.05) is 0 Å². The second-order valence-corrected chi connectivity index (χ2v) is 6.69. The fourth-order valence-electron chi connectivity index (χ4n) is 2.20. The van der Waals surface area contributed by atoms with Crippen molar-refractivity contribution in [2.45, 2.75) is 12.8 Å². The third-order valence-corrected chi connectivity index (χ3v) is 5.03. The molecule has 0 aromatic heterocycles. The maximum Gasteiger partial charge on any atom is 0.279 e. The molecule has 2 N–H and O–H groups in total. The lowest BCUT2D eigenvalue weighted by molar-refractivity contribution is 0.193. The predicted molar refractivity (Wildman–Crippen MR) is 77.8 cm³/mol. The topological polar surface area (TPSA) is 79.9 Å². The summed E-state index contributed by atoms with van der Waals surface area (Å²) in [5, 5.41) is 3.33. The lowest BCUT2D eigenvalue weighted by Gasteiger charge is -2.31. The molecule has 0 amide bonds. The lowest BCUT2D eigenvalue weighted by atomic mass is 9.98. The van der Waals surface area contributed by atoms with Gasteiger partial charge in [-0.2, -0.15) is 17.4 Å². The van der Waals surface area contributed by atoms with Crippen LogP contribution in [0.3, 0.4) is 0 Å². The van der Waals surface area contributed by atoms with Crippen molar-refractivity contribution in [3.05, 3.63) is 0 Å². The molecular weight excluding hydrogens is 282 g/mol. The Bertz CT molecular complexity index is 343. The summed E-state index contributed by atoms with van der Waals surface area (Å²) in [6.07, 6.45) is 1.79. The van der Waals surface area contributed by atoms with Crippen molar-refractivity contribution >= 4 is 10.2 Å². The summed E-state index contributed by atoms with van der Waals surface area (Å²) in [7, 11) is -0.111. The molecule has 20 heavy (non-hydrogen) atoms. The van der Waals surface area contributed by atoms with Crippen molar-refractivity contribution in [2.75, 3.05) is 60.2 Å². The maximum atomic E-state index is 12.0. The van der Waals surface area contributed by atoms with Crippen LogP contribution < -0.4 is 10.0 Å². The van der Waals surface area contributed by atoms with Gasteiger partial charge in [0.1, 0.15) is 0 Å². The molecule has 1 aliphatic rings. The summed E-state index contributed by atoms with van der Waals surface area (Å²) in [5.41, 5.74) is 0. The van der Waals surface area contributed by atoms with E-state index < -0.39 is 10.2 Å². The van der Waals surface area contributed by atoms with Crippen molar-refractivity contribution < 1.29 is 17.9 Å². The van der Waals surface area contributed by atoms with Gasteiger partial charge in [0.15, 0.2) is 0 Å². The molecule has 0 atom stereocenters. The van der Waals surface area contributed by atoms with Gasteiger partial charge in [0.25, 0.3) is 10.2 Å². The lowest BCUT2D eigenvalue weighted by Crippen LogP contribution is -2.46. The molecule has 0 radical (unpaired) electrons. The van der Waals surface area contributed by atoms with Crippen molar-refractivity contribution in [2.24, 2.45) is 5.92 Å². The van der Waals surface area contributed by atoms with Crippen LogP contribution in [-0.2, 0) is 19.7 Å². The van der Waals surface area contributed by atoms with Gasteiger partial charge in [-0.3, -0.25) is 0 Å². The number of nitrogens with one attached hydrogen (secondary N) is 2. The van der Waals surface area contributed by atoms with E-state index in [1.165, 1.54) is 4.31 Å². The molecule has 1 saturated heterocycles. The summed E-state index contributed by atoms with van der Waals surface area (Å²) in [6, 6.07) is 0. The first-order chi connectivity index (χ1) is 9.60. The van der Waals surface area contributed by atoms with Gasteiger partial charge < -0.3 is 14.8 Å². The van der Waals surface area contributed by atoms with Crippen LogP contribution in [0.1, 0.15) is 12.8 Å². The Labute approximate surface area is 122 Å². The monoisotopic (exact) mass is 309 g/mol. The second kappa shape index (κ2) is 9.64. The van der Waals surface area contributed by atoms with Gasteiger partial charge in [-0.15, -0.1) is 0 Å². The van der Waals surface area contributed by atoms with Crippen LogP contribution in [-0.4, -0.2) is 72.9 Å². The Kier molecular flexibility index (Phi) is 8.58. The van der Waals surface area contributed by atoms with Crippen LogP contribution in [0.5, 0.6) is 0 Å². The average molecular weight is 309 g/mol. The molecule has 1 aliphatic heterocycles. The largest absolute Gasteiger partial charge is 0.383 e. The molecule has 0 spiro atoms. The Balaban J connectivity index is 2.23. The van der Waals surface area contributed by atoms with Gasteiger partial charge >= 0.3 is 0 Å². The highest BCUT2D eigenvalue weighted by molar-refractivity contribution is 7.87. The highest BCUT2D eigenvalue weighted by atomic mass is 32.2.